The van der Waals surface area contributed by atoms with Crippen LogP contribution in [0.5, 0.6) is 0 Å². The molecular weight excluding hydrogens is 220 g/mol. The Morgan fingerprint density at radius 2 is 2.19 bits per heavy atom. The number of Topliss-reactive ketones (excluding diaryl/α,β-unsaturated/α-hetero) is 1. The molecule has 0 amide bonds. The lowest BCUT2D eigenvalue weighted by Gasteiger charge is -1.96. The maximum absolute atomic E-state index is 11.1. The van der Waals surface area contributed by atoms with Gasteiger partial charge in [0, 0.05) is 11.1 Å². The van der Waals surface area contributed by atoms with Crippen molar-refractivity contribution < 1.29 is 4.79 Å². The van der Waals surface area contributed by atoms with E-state index in [1.54, 1.807) is 24.5 Å². The molecule has 3 nitrogen and oxygen atoms in total. The SMILES string of the molecule is CC(=O)c1ccc(CCc2cccnn2)s1. The number of carbonyl (C=O) groups is 1. The summed E-state index contributed by atoms with van der Waals surface area (Å²) in [5, 5.41) is 7.85. The minimum absolute atomic E-state index is 0.135. The summed E-state index contributed by atoms with van der Waals surface area (Å²) in [4.78, 5) is 13.2. The Balaban J connectivity index is 1.97. The second kappa shape index (κ2) is 4.99. The van der Waals surface area contributed by atoms with E-state index in [4.69, 9.17) is 0 Å². The standard InChI is InChI=1S/C12H12N2OS/c1-9(15)12-7-6-11(16-12)5-4-10-3-2-8-13-14-10/h2-3,6-8H,4-5H2,1H3. The number of carbonyl (C=O) groups excluding carboxylic acids is 1. The van der Waals surface area contributed by atoms with E-state index in [1.165, 1.54) is 4.88 Å². The Labute approximate surface area is 98.2 Å². The topological polar surface area (TPSA) is 42.9 Å². The smallest absolute Gasteiger partial charge is 0.169 e. The van der Waals surface area contributed by atoms with Gasteiger partial charge in [0.1, 0.15) is 0 Å². The van der Waals surface area contributed by atoms with Crippen molar-refractivity contribution in [1.29, 1.82) is 0 Å². The van der Waals surface area contributed by atoms with Gasteiger partial charge in [-0.25, -0.2) is 0 Å². The van der Waals surface area contributed by atoms with Crippen molar-refractivity contribution in [2.45, 2.75) is 19.8 Å². The molecule has 16 heavy (non-hydrogen) atoms. The van der Waals surface area contributed by atoms with Gasteiger partial charge >= 0.3 is 0 Å². The predicted molar refractivity (Wildman–Crippen MR) is 63.8 cm³/mol. The van der Waals surface area contributed by atoms with Gasteiger partial charge in [0.25, 0.3) is 0 Å². The van der Waals surface area contributed by atoms with Crippen LogP contribution < -0.4 is 0 Å². The van der Waals surface area contributed by atoms with E-state index >= 15 is 0 Å². The highest BCUT2D eigenvalue weighted by molar-refractivity contribution is 7.14. The monoisotopic (exact) mass is 232 g/mol. The fourth-order valence-electron chi connectivity index (χ4n) is 1.42. The molecule has 0 bridgehead atoms. The van der Waals surface area contributed by atoms with E-state index in [9.17, 15) is 4.79 Å². The van der Waals surface area contributed by atoms with Gasteiger partial charge < -0.3 is 0 Å². The average Bonchev–Trinajstić information content (AvgIpc) is 2.76. The third kappa shape index (κ3) is 2.73. The average molecular weight is 232 g/mol. The lowest BCUT2D eigenvalue weighted by atomic mass is 10.2. The second-order valence-electron chi connectivity index (χ2n) is 3.54. The molecule has 82 valence electrons. The molecule has 2 rings (SSSR count). The van der Waals surface area contributed by atoms with Gasteiger partial charge in [-0.1, -0.05) is 0 Å². The Morgan fingerprint density at radius 1 is 1.31 bits per heavy atom. The minimum atomic E-state index is 0.135. The van der Waals surface area contributed by atoms with Crippen LogP contribution in [0.3, 0.4) is 0 Å². The van der Waals surface area contributed by atoms with Crippen molar-refractivity contribution in [3.63, 3.8) is 0 Å². The lowest BCUT2D eigenvalue weighted by Crippen LogP contribution is -1.93. The first-order valence-corrected chi connectivity index (χ1v) is 5.93. The number of thiophene rings is 1. The molecule has 0 aliphatic carbocycles. The van der Waals surface area contributed by atoms with Gasteiger partial charge in [0.2, 0.25) is 0 Å². The van der Waals surface area contributed by atoms with Crippen LogP contribution >= 0.6 is 11.3 Å². The lowest BCUT2D eigenvalue weighted by molar-refractivity contribution is 0.102. The summed E-state index contributed by atoms with van der Waals surface area (Å²) in [6.45, 7) is 1.60. The highest BCUT2D eigenvalue weighted by Crippen LogP contribution is 2.18. The molecule has 0 aliphatic rings. The number of rotatable bonds is 4. The van der Waals surface area contributed by atoms with Crippen molar-refractivity contribution in [3.8, 4) is 0 Å². The summed E-state index contributed by atoms with van der Waals surface area (Å²) in [6, 6.07) is 7.75. The van der Waals surface area contributed by atoms with Crippen molar-refractivity contribution in [3.05, 3.63) is 45.9 Å². The quantitative estimate of drug-likeness (QED) is 0.761. The zero-order valence-corrected chi connectivity index (χ0v) is 9.83. The first kappa shape index (κ1) is 11.0. The normalized spacial score (nSPS) is 10.3. The predicted octanol–water partition coefficient (Wildman–Crippen LogP) is 2.53. The summed E-state index contributed by atoms with van der Waals surface area (Å²) in [7, 11) is 0. The number of ketones is 1. The van der Waals surface area contributed by atoms with E-state index < -0.39 is 0 Å². The van der Waals surface area contributed by atoms with Crippen molar-refractivity contribution >= 4 is 17.1 Å². The van der Waals surface area contributed by atoms with E-state index in [2.05, 4.69) is 10.2 Å². The van der Waals surface area contributed by atoms with Gasteiger partial charge in [-0.15, -0.1) is 11.3 Å². The van der Waals surface area contributed by atoms with Crippen LogP contribution in [0.25, 0.3) is 0 Å². The first-order valence-electron chi connectivity index (χ1n) is 5.12. The molecule has 0 spiro atoms. The maximum atomic E-state index is 11.1. The highest BCUT2D eigenvalue weighted by atomic mass is 32.1. The maximum Gasteiger partial charge on any atom is 0.169 e. The van der Waals surface area contributed by atoms with Crippen LogP contribution in [0.2, 0.25) is 0 Å². The third-order valence-corrected chi connectivity index (χ3v) is 3.51. The summed E-state index contributed by atoms with van der Waals surface area (Å²) in [6.07, 6.45) is 3.45. The number of nitrogens with zero attached hydrogens (tertiary/aromatic N) is 2. The van der Waals surface area contributed by atoms with Crippen LogP contribution in [0.15, 0.2) is 30.5 Å². The van der Waals surface area contributed by atoms with Gasteiger partial charge in [0.15, 0.2) is 5.78 Å². The molecule has 0 radical (unpaired) electrons. The third-order valence-electron chi connectivity index (χ3n) is 2.26. The Hall–Kier alpha value is -1.55. The molecule has 0 saturated carbocycles. The van der Waals surface area contributed by atoms with Gasteiger partial charge in [-0.3, -0.25) is 4.79 Å². The van der Waals surface area contributed by atoms with Gasteiger partial charge in [0.05, 0.1) is 10.6 Å². The Morgan fingerprint density at radius 3 is 2.81 bits per heavy atom. The van der Waals surface area contributed by atoms with Crippen molar-refractivity contribution in [1.82, 2.24) is 10.2 Å². The largest absolute Gasteiger partial charge is 0.294 e. The molecule has 0 aromatic carbocycles. The number of hydrogen-bond donors (Lipinski definition) is 0. The fraction of sp³-hybridized carbons (Fsp3) is 0.250. The summed E-state index contributed by atoms with van der Waals surface area (Å²) in [5.74, 6) is 0.135. The van der Waals surface area contributed by atoms with Crippen LogP contribution in [-0.2, 0) is 12.8 Å². The molecule has 0 fully saturated rings. The minimum Gasteiger partial charge on any atom is -0.294 e. The Kier molecular flexibility index (Phi) is 3.41. The van der Waals surface area contributed by atoms with E-state index in [0.717, 1.165) is 23.4 Å². The van der Waals surface area contributed by atoms with E-state index in [0.29, 0.717) is 0 Å². The number of hydrogen-bond acceptors (Lipinski definition) is 4. The molecule has 0 N–H and O–H groups in total. The molecule has 2 aromatic heterocycles. The molecule has 2 aromatic rings. The second-order valence-corrected chi connectivity index (χ2v) is 4.71. The summed E-state index contributed by atoms with van der Waals surface area (Å²) >= 11 is 1.56. The summed E-state index contributed by atoms with van der Waals surface area (Å²) < 4.78 is 0. The summed E-state index contributed by atoms with van der Waals surface area (Å²) in [5.41, 5.74) is 0.986. The molecule has 0 atom stereocenters. The Bertz CT molecular complexity index is 479. The number of aromatic nitrogens is 2. The zero-order valence-electron chi connectivity index (χ0n) is 9.01. The van der Waals surface area contributed by atoms with E-state index in [-0.39, 0.29) is 5.78 Å². The van der Waals surface area contributed by atoms with Crippen LogP contribution in [0, 0.1) is 0 Å². The molecule has 0 saturated heterocycles. The molecule has 0 unspecified atom stereocenters. The van der Waals surface area contributed by atoms with Crippen molar-refractivity contribution in [2.24, 2.45) is 0 Å². The molecule has 0 aliphatic heterocycles. The fourth-order valence-corrected chi connectivity index (χ4v) is 2.32. The first-order chi connectivity index (χ1) is 7.75. The van der Waals surface area contributed by atoms with Gasteiger partial charge in [-0.05, 0) is 44.0 Å². The molecule has 2 heterocycles. The van der Waals surface area contributed by atoms with Crippen molar-refractivity contribution in [2.75, 3.05) is 0 Å². The highest BCUT2D eigenvalue weighted by Gasteiger charge is 2.04. The van der Waals surface area contributed by atoms with Gasteiger partial charge in [-0.2, -0.15) is 10.2 Å². The van der Waals surface area contributed by atoms with E-state index in [1.807, 2.05) is 24.3 Å². The molecular formula is C12H12N2OS. The molecule has 4 heteroatoms. The van der Waals surface area contributed by atoms with Crippen LogP contribution in [0.1, 0.15) is 27.2 Å². The van der Waals surface area contributed by atoms with Crippen LogP contribution in [0.4, 0.5) is 0 Å². The zero-order chi connectivity index (χ0) is 11.4. The van der Waals surface area contributed by atoms with Crippen LogP contribution in [-0.4, -0.2) is 16.0 Å². The number of aryl methyl sites for hydroxylation is 2.